The molecule has 0 bridgehead atoms. The van der Waals surface area contributed by atoms with Gasteiger partial charge in [0.2, 0.25) is 5.69 Å². The largest absolute Gasteiger partial charge is 0.375 e. The summed E-state index contributed by atoms with van der Waals surface area (Å²) in [4.78, 5) is 9.21. The number of aromatic nitrogens is 1. The van der Waals surface area contributed by atoms with Crippen LogP contribution in [0.4, 0.5) is 5.69 Å². The molecule has 2 aromatic rings. The fourth-order valence-electron chi connectivity index (χ4n) is 2.55. The van der Waals surface area contributed by atoms with Gasteiger partial charge in [0, 0.05) is 31.5 Å². The summed E-state index contributed by atoms with van der Waals surface area (Å²) in [6, 6.07) is 10.5. The third-order valence-electron chi connectivity index (χ3n) is 3.49. The van der Waals surface area contributed by atoms with Crippen molar-refractivity contribution in [2.45, 2.75) is 19.5 Å². The first-order valence-electron chi connectivity index (χ1n) is 6.19. The van der Waals surface area contributed by atoms with Gasteiger partial charge < -0.3 is 4.98 Å². The predicted molar refractivity (Wildman–Crippen MR) is 71.3 cm³/mol. The Bertz CT molecular complexity index is 578. The van der Waals surface area contributed by atoms with Crippen LogP contribution >= 0.6 is 0 Å². The number of aromatic amines is 1. The summed E-state index contributed by atoms with van der Waals surface area (Å²) in [5.41, 5.74) is 4.57. The smallest absolute Gasteiger partial charge is 0.207 e. The van der Waals surface area contributed by atoms with E-state index in [1.807, 2.05) is 12.3 Å². The Hall–Kier alpha value is -2.05. The highest BCUT2D eigenvalue weighted by Crippen LogP contribution is 2.28. The summed E-state index contributed by atoms with van der Waals surface area (Å²) in [5, 5.41) is 0. The molecule has 0 fully saturated rings. The molecule has 3 heteroatoms. The molecule has 1 aromatic heterocycles. The van der Waals surface area contributed by atoms with Crippen molar-refractivity contribution in [3.8, 4) is 0 Å². The lowest BCUT2D eigenvalue weighted by Gasteiger charge is -2.27. The van der Waals surface area contributed by atoms with Crippen LogP contribution in [0.3, 0.4) is 0 Å². The molecule has 1 aliphatic heterocycles. The molecular formula is C15H15N3. The zero-order chi connectivity index (χ0) is 12.4. The summed E-state index contributed by atoms with van der Waals surface area (Å²) < 4.78 is 0. The van der Waals surface area contributed by atoms with Crippen LogP contribution in [0, 0.1) is 6.57 Å². The predicted octanol–water partition coefficient (Wildman–Crippen LogP) is 3.12. The number of benzene rings is 1. The molecule has 2 heterocycles. The molecule has 0 aliphatic carbocycles. The molecule has 90 valence electrons. The average molecular weight is 237 g/mol. The maximum Gasteiger partial charge on any atom is 0.207 e. The molecule has 0 saturated carbocycles. The molecule has 18 heavy (non-hydrogen) atoms. The zero-order valence-electron chi connectivity index (χ0n) is 10.2. The molecule has 1 aromatic carbocycles. The summed E-state index contributed by atoms with van der Waals surface area (Å²) in [5.74, 6) is 0. The molecule has 0 saturated heterocycles. The molecule has 0 spiro atoms. The van der Waals surface area contributed by atoms with Gasteiger partial charge in [-0.1, -0.05) is 30.3 Å². The van der Waals surface area contributed by atoms with Crippen molar-refractivity contribution < 1.29 is 0 Å². The molecule has 3 nitrogen and oxygen atoms in total. The normalized spacial score (nSPS) is 15.1. The molecule has 0 radical (unpaired) electrons. The Morgan fingerprint density at radius 1 is 1.28 bits per heavy atom. The van der Waals surface area contributed by atoms with Crippen LogP contribution in [-0.2, 0) is 19.5 Å². The molecule has 1 aliphatic rings. The zero-order valence-corrected chi connectivity index (χ0v) is 10.2. The molecule has 0 atom stereocenters. The van der Waals surface area contributed by atoms with Gasteiger partial charge in [-0.25, -0.2) is 4.85 Å². The molecular weight excluding hydrogens is 222 g/mol. The maximum absolute atomic E-state index is 7.12. The van der Waals surface area contributed by atoms with Gasteiger partial charge in [0.05, 0.1) is 6.57 Å². The van der Waals surface area contributed by atoms with Gasteiger partial charge in [0.15, 0.2) is 0 Å². The SMILES string of the molecule is [C-]#[N+]c1c[nH]c2c1CCN(Cc1ccccc1)C2. The number of rotatable bonds is 2. The lowest BCUT2D eigenvalue weighted by atomic mass is 10.1. The summed E-state index contributed by atoms with van der Waals surface area (Å²) in [6.45, 7) is 10.0. The Balaban J connectivity index is 1.74. The first kappa shape index (κ1) is 11.1. The van der Waals surface area contributed by atoms with Crippen molar-refractivity contribution in [2.75, 3.05) is 6.54 Å². The van der Waals surface area contributed by atoms with E-state index in [0.29, 0.717) is 0 Å². The number of fused-ring (bicyclic) bond motifs is 1. The summed E-state index contributed by atoms with van der Waals surface area (Å²) >= 11 is 0. The fraction of sp³-hybridized carbons (Fsp3) is 0.267. The number of nitrogens with zero attached hydrogens (tertiary/aromatic N) is 2. The van der Waals surface area contributed by atoms with Gasteiger partial charge in [0.1, 0.15) is 0 Å². The highest BCUT2D eigenvalue weighted by atomic mass is 15.1. The molecule has 0 amide bonds. The summed E-state index contributed by atoms with van der Waals surface area (Å²) in [6.07, 6.45) is 2.81. The van der Waals surface area contributed by atoms with Crippen molar-refractivity contribution in [1.29, 1.82) is 0 Å². The lowest BCUT2D eigenvalue weighted by molar-refractivity contribution is 0.243. The lowest BCUT2D eigenvalue weighted by Crippen LogP contribution is -2.29. The van der Waals surface area contributed by atoms with Crippen LogP contribution in [0.2, 0.25) is 0 Å². The van der Waals surface area contributed by atoms with E-state index in [-0.39, 0.29) is 0 Å². The maximum atomic E-state index is 7.12. The molecule has 0 unspecified atom stereocenters. The Morgan fingerprint density at radius 2 is 2.11 bits per heavy atom. The Labute approximate surface area is 107 Å². The van der Waals surface area contributed by atoms with Crippen molar-refractivity contribution in [3.05, 3.63) is 64.8 Å². The Morgan fingerprint density at radius 3 is 2.89 bits per heavy atom. The minimum Gasteiger partial charge on any atom is -0.375 e. The van der Waals surface area contributed by atoms with Gasteiger partial charge in [-0.15, -0.1) is 0 Å². The van der Waals surface area contributed by atoms with E-state index in [1.54, 1.807) is 0 Å². The quantitative estimate of drug-likeness (QED) is 0.797. The van der Waals surface area contributed by atoms with E-state index in [1.165, 1.54) is 16.8 Å². The highest BCUT2D eigenvalue weighted by Gasteiger charge is 2.20. The third kappa shape index (κ3) is 2.03. The van der Waals surface area contributed by atoms with Crippen LogP contribution in [0.25, 0.3) is 4.85 Å². The van der Waals surface area contributed by atoms with Gasteiger partial charge in [-0.05, 0) is 17.5 Å². The number of H-pyrrole nitrogens is 1. The number of hydrogen-bond acceptors (Lipinski definition) is 1. The van der Waals surface area contributed by atoms with Gasteiger partial charge in [-0.2, -0.15) is 0 Å². The second-order valence-electron chi connectivity index (χ2n) is 4.69. The first-order chi connectivity index (χ1) is 8.86. The second-order valence-corrected chi connectivity index (χ2v) is 4.69. The van der Waals surface area contributed by atoms with E-state index in [9.17, 15) is 0 Å². The first-order valence-corrected chi connectivity index (χ1v) is 6.19. The van der Waals surface area contributed by atoms with Crippen LogP contribution in [0.15, 0.2) is 36.5 Å². The van der Waals surface area contributed by atoms with Gasteiger partial charge in [-0.3, -0.25) is 4.90 Å². The van der Waals surface area contributed by atoms with Crippen LogP contribution in [0.5, 0.6) is 0 Å². The highest BCUT2D eigenvalue weighted by molar-refractivity contribution is 5.54. The fourth-order valence-corrected chi connectivity index (χ4v) is 2.55. The summed E-state index contributed by atoms with van der Waals surface area (Å²) in [7, 11) is 0. The van der Waals surface area contributed by atoms with E-state index >= 15 is 0 Å². The topological polar surface area (TPSA) is 23.4 Å². The van der Waals surface area contributed by atoms with Crippen LogP contribution < -0.4 is 0 Å². The van der Waals surface area contributed by atoms with Crippen molar-refractivity contribution in [3.63, 3.8) is 0 Å². The van der Waals surface area contributed by atoms with E-state index in [0.717, 1.165) is 31.7 Å². The van der Waals surface area contributed by atoms with Gasteiger partial charge >= 0.3 is 0 Å². The standard InChI is InChI=1S/C15H15N3/c1-16-14-9-17-15-11-18(8-7-13(14)15)10-12-5-3-2-4-6-12/h2-6,9,17H,7-8,10-11H2. The Kier molecular flexibility index (Phi) is 2.87. The molecule has 3 rings (SSSR count). The molecule has 1 N–H and O–H groups in total. The van der Waals surface area contributed by atoms with Gasteiger partial charge in [0.25, 0.3) is 0 Å². The minimum absolute atomic E-state index is 0.796. The van der Waals surface area contributed by atoms with Crippen LogP contribution in [0.1, 0.15) is 16.8 Å². The third-order valence-corrected chi connectivity index (χ3v) is 3.49. The average Bonchev–Trinajstić information content (AvgIpc) is 2.82. The van der Waals surface area contributed by atoms with Crippen molar-refractivity contribution in [2.24, 2.45) is 0 Å². The van der Waals surface area contributed by atoms with E-state index in [2.05, 4.69) is 39.0 Å². The van der Waals surface area contributed by atoms with E-state index in [4.69, 9.17) is 6.57 Å². The number of hydrogen-bond donors (Lipinski definition) is 1. The van der Waals surface area contributed by atoms with Crippen molar-refractivity contribution >= 4 is 5.69 Å². The minimum atomic E-state index is 0.796. The van der Waals surface area contributed by atoms with Crippen LogP contribution in [-0.4, -0.2) is 16.4 Å². The monoisotopic (exact) mass is 237 g/mol. The van der Waals surface area contributed by atoms with Crippen molar-refractivity contribution in [1.82, 2.24) is 9.88 Å². The van der Waals surface area contributed by atoms with E-state index < -0.39 is 0 Å². The number of nitrogens with one attached hydrogen (secondary N) is 1. The second kappa shape index (κ2) is 4.67.